The number of carbonyl (C=O) groups excluding carboxylic acids is 1. The maximum Gasteiger partial charge on any atom is 0.257 e. The van der Waals surface area contributed by atoms with Crippen LogP contribution in [0.5, 0.6) is 0 Å². The fourth-order valence-electron chi connectivity index (χ4n) is 4.40. The Hall–Kier alpha value is -3.64. The molecule has 12 heteroatoms. The summed E-state index contributed by atoms with van der Waals surface area (Å²) in [4.78, 5) is 24.5. The van der Waals surface area contributed by atoms with E-state index in [-0.39, 0.29) is 11.5 Å². The van der Waals surface area contributed by atoms with Crippen LogP contribution in [0.2, 0.25) is 0 Å². The average molecular weight is 480 g/mol. The van der Waals surface area contributed by atoms with Gasteiger partial charge in [0.1, 0.15) is 23.2 Å². The van der Waals surface area contributed by atoms with Crippen molar-refractivity contribution < 1.29 is 13.9 Å². The largest absolute Gasteiger partial charge is 0.379 e. The number of pyridine rings is 1. The average Bonchev–Trinajstić information content (AvgIpc) is 3.27. The van der Waals surface area contributed by atoms with Crippen LogP contribution in [-0.2, 0) is 11.3 Å². The van der Waals surface area contributed by atoms with Crippen molar-refractivity contribution in [1.29, 1.82) is 0 Å². The van der Waals surface area contributed by atoms with Gasteiger partial charge in [-0.05, 0) is 12.1 Å². The minimum atomic E-state index is -0.988. The molecule has 6 rings (SSSR count). The van der Waals surface area contributed by atoms with Gasteiger partial charge in [0, 0.05) is 50.8 Å². The predicted octanol–water partition coefficient (Wildman–Crippen LogP) is 1.36. The lowest BCUT2D eigenvalue weighted by molar-refractivity contribution is 0.0361. The molecule has 4 aromatic heterocycles. The summed E-state index contributed by atoms with van der Waals surface area (Å²) < 4.78 is 22.3. The summed E-state index contributed by atoms with van der Waals surface area (Å²) in [5.41, 5.74) is 2.71. The highest BCUT2D eigenvalue weighted by Gasteiger charge is 2.39. The first-order valence-corrected chi connectivity index (χ1v) is 11.8. The SMILES string of the molecule is CNc1cc(-c2nn(CCN3CCOCC3)c3ncccc23)nc2c(C(=O)NC3C[C@H]3F)cnn12. The Morgan fingerprint density at radius 1 is 1.26 bits per heavy atom. The number of amides is 1. The van der Waals surface area contributed by atoms with E-state index in [1.165, 1.54) is 6.20 Å². The van der Waals surface area contributed by atoms with E-state index < -0.39 is 12.2 Å². The number of aromatic nitrogens is 6. The summed E-state index contributed by atoms with van der Waals surface area (Å²) in [7, 11) is 1.78. The molecule has 2 atom stereocenters. The molecular weight excluding hydrogens is 453 g/mol. The zero-order valence-corrected chi connectivity index (χ0v) is 19.3. The fraction of sp³-hybridized carbons (Fsp3) is 0.435. The Bertz CT molecular complexity index is 1390. The third-order valence-electron chi connectivity index (χ3n) is 6.48. The molecule has 2 aliphatic rings. The molecule has 1 saturated heterocycles. The van der Waals surface area contributed by atoms with Gasteiger partial charge < -0.3 is 15.4 Å². The van der Waals surface area contributed by atoms with Gasteiger partial charge in [0.05, 0.1) is 37.7 Å². The number of nitrogens with one attached hydrogen (secondary N) is 2. The molecule has 1 aliphatic heterocycles. The number of ether oxygens (including phenoxy) is 1. The van der Waals surface area contributed by atoms with Crippen LogP contribution >= 0.6 is 0 Å². The van der Waals surface area contributed by atoms with Crippen molar-refractivity contribution in [3.8, 4) is 11.4 Å². The normalized spacial score (nSPS) is 20.4. The Kier molecular flexibility index (Phi) is 5.53. The van der Waals surface area contributed by atoms with Crippen LogP contribution in [0, 0.1) is 0 Å². The van der Waals surface area contributed by atoms with Crippen molar-refractivity contribution in [1.82, 2.24) is 39.6 Å². The number of nitrogens with zero attached hydrogens (tertiary/aromatic N) is 7. The van der Waals surface area contributed by atoms with Crippen LogP contribution in [0.3, 0.4) is 0 Å². The summed E-state index contributed by atoms with van der Waals surface area (Å²) >= 11 is 0. The predicted molar refractivity (Wildman–Crippen MR) is 127 cm³/mol. The number of fused-ring (bicyclic) bond motifs is 2. The van der Waals surface area contributed by atoms with Gasteiger partial charge >= 0.3 is 0 Å². The van der Waals surface area contributed by atoms with Gasteiger partial charge in [-0.3, -0.25) is 9.69 Å². The molecule has 1 unspecified atom stereocenters. The Morgan fingerprint density at radius 2 is 2.09 bits per heavy atom. The number of hydrogen-bond donors (Lipinski definition) is 2. The quantitative estimate of drug-likeness (QED) is 0.408. The van der Waals surface area contributed by atoms with E-state index in [4.69, 9.17) is 14.8 Å². The van der Waals surface area contributed by atoms with Gasteiger partial charge in [-0.2, -0.15) is 14.7 Å². The van der Waals surface area contributed by atoms with E-state index in [9.17, 15) is 9.18 Å². The van der Waals surface area contributed by atoms with E-state index in [2.05, 4.69) is 25.6 Å². The van der Waals surface area contributed by atoms with Gasteiger partial charge in [-0.25, -0.2) is 19.0 Å². The van der Waals surface area contributed by atoms with E-state index in [1.807, 2.05) is 22.9 Å². The smallest absolute Gasteiger partial charge is 0.257 e. The number of anilines is 1. The molecule has 5 heterocycles. The van der Waals surface area contributed by atoms with E-state index in [0.717, 1.165) is 43.9 Å². The second-order valence-corrected chi connectivity index (χ2v) is 8.80. The Morgan fingerprint density at radius 3 is 2.86 bits per heavy atom. The number of halogens is 1. The number of alkyl halides is 1. The maximum atomic E-state index is 13.3. The van der Waals surface area contributed by atoms with Crippen molar-refractivity contribution in [3.63, 3.8) is 0 Å². The number of morpholine rings is 1. The van der Waals surface area contributed by atoms with Crippen LogP contribution < -0.4 is 10.6 Å². The number of rotatable bonds is 7. The molecule has 1 aliphatic carbocycles. The lowest BCUT2D eigenvalue weighted by Crippen LogP contribution is -2.38. The standard InChI is InChI=1S/C23H26FN9O2/c1-25-19-12-18(28-22-15(13-27-33(19)22)23(34)29-17-11-16(17)24)20-14-3-2-4-26-21(14)32(30-20)6-5-31-7-9-35-10-8-31/h2-4,12-13,16-17,25H,5-11H2,1H3,(H,29,34)/t16-,17?/m1/s1. The molecule has 4 aromatic rings. The highest BCUT2D eigenvalue weighted by molar-refractivity contribution is 6.01. The minimum Gasteiger partial charge on any atom is -0.379 e. The first kappa shape index (κ1) is 21.9. The zero-order chi connectivity index (χ0) is 23.9. The lowest BCUT2D eigenvalue weighted by atomic mass is 10.2. The van der Waals surface area contributed by atoms with Crippen LogP contribution in [0.1, 0.15) is 16.8 Å². The number of hydrogen-bond acceptors (Lipinski definition) is 8. The topological polar surface area (TPSA) is 115 Å². The molecule has 182 valence electrons. The summed E-state index contributed by atoms with van der Waals surface area (Å²) in [5.74, 6) is 0.262. The first-order chi connectivity index (χ1) is 17.1. The van der Waals surface area contributed by atoms with E-state index in [0.29, 0.717) is 35.8 Å². The molecule has 0 radical (unpaired) electrons. The molecule has 2 N–H and O–H groups in total. The molecule has 1 amide bonds. The summed E-state index contributed by atoms with van der Waals surface area (Å²) in [5, 5.41) is 15.9. The molecule has 11 nitrogen and oxygen atoms in total. The van der Waals surface area contributed by atoms with E-state index >= 15 is 0 Å². The second-order valence-electron chi connectivity index (χ2n) is 8.80. The minimum absolute atomic E-state index is 0.289. The lowest BCUT2D eigenvalue weighted by Gasteiger charge is -2.26. The molecule has 0 bridgehead atoms. The first-order valence-electron chi connectivity index (χ1n) is 11.8. The molecular formula is C23H26FN9O2. The van der Waals surface area contributed by atoms with Gasteiger partial charge in [0.2, 0.25) is 0 Å². The summed E-state index contributed by atoms with van der Waals surface area (Å²) in [6.07, 6.45) is 2.56. The third-order valence-corrected chi connectivity index (χ3v) is 6.48. The van der Waals surface area contributed by atoms with Crippen LogP contribution in [-0.4, -0.2) is 92.3 Å². The van der Waals surface area contributed by atoms with E-state index in [1.54, 1.807) is 17.8 Å². The van der Waals surface area contributed by atoms with Gasteiger partial charge in [-0.1, -0.05) is 0 Å². The third kappa shape index (κ3) is 4.08. The van der Waals surface area contributed by atoms with Gasteiger partial charge in [-0.15, -0.1) is 0 Å². The summed E-state index contributed by atoms with van der Waals surface area (Å²) in [6.45, 7) is 4.82. The molecule has 2 fully saturated rings. The molecule has 1 saturated carbocycles. The fourth-order valence-corrected chi connectivity index (χ4v) is 4.40. The summed E-state index contributed by atoms with van der Waals surface area (Å²) in [6, 6.07) is 5.25. The highest BCUT2D eigenvalue weighted by atomic mass is 19.1. The highest BCUT2D eigenvalue weighted by Crippen LogP contribution is 2.29. The van der Waals surface area contributed by atoms with Crippen LogP contribution in [0.25, 0.3) is 28.1 Å². The number of carbonyl (C=O) groups is 1. The van der Waals surface area contributed by atoms with Crippen molar-refractivity contribution in [2.45, 2.75) is 25.2 Å². The van der Waals surface area contributed by atoms with Crippen LogP contribution in [0.15, 0.2) is 30.6 Å². The van der Waals surface area contributed by atoms with Gasteiger partial charge in [0.15, 0.2) is 11.3 Å². The second kappa shape index (κ2) is 8.86. The molecule has 0 spiro atoms. The van der Waals surface area contributed by atoms with Gasteiger partial charge in [0.25, 0.3) is 5.91 Å². The van der Waals surface area contributed by atoms with Crippen molar-refractivity contribution >= 4 is 28.4 Å². The molecule has 35 heavy (non-hydrogen) atoms. The monoisotopic (exact) mass is 479 g/mol. The zero-order valence-electron chi connectivity index (χ0n) is 19.3. The Balaban J connectivity index is 1.38. The maximum absolute atomic E-state index is 13.3. The van der Waals surface area contributed by atoms with Crippen molar-refractivity contribution in [2.75, 3.05) is 45.2 Å². The van der Waals surface area contributed by atoms with Crippen molar-refractivity contribution in [2.24, 2.45) is 0 Å². The Labute approximate surface area is 200 Å². The van der Waals surface area contributed by atoms with Crippen molar-refractivity contribution in [3.05, 3.63) is 36.2 Å². The van der Waals surface area contributed by atoms with Crippen LogP contribution in [0.4, 0.5) is 10.2 Å². The molecule has 0 aromatic carbocycles.